The zero-order valence-electron chi connectivity index (χ0n) is 36.0. The zero-order chi connectivity index (χ0) is 43.6. The van der Waals surface area contributed by atoms with Crippen molar-refractivity contribution in [2.75, 3.05) is 4.90 Å². The Labute approximate surface area is 382 Å². The molecular formula is C64H41NO. The molecule has 308 valence electrons. The molecule has 0 spiro atoms. The maximum Gasteiger partial charge on any atom is 0.145 e. The summed E-state index contributed by atoms with van der Waals surface area (Å²) in [6.45, 7) is 0. The fourth-order valence-electron chi connectivity index (χ4n) is 10.4. The number of rotatable bonds is 7. The molecule has 13 rings (SSSR count). The monoisotopic (exact) mass is 839 g/mol. The lowest BCUT2D eigenvalue weighted by molar-refractivity contribution is 0.670. The fraction of sp³-hybridized carbons (Fsp3) is 0. The smallest absolute Gasteiger partial charge is 0.145 e. The maximum absolute atomic E-state index is 7.08. The number of fused-ring (bicyclic) bond motifs is 9. The van der Waals surface area contributed by atoms with E-state index in [4.69, 9.17) is 4.42 Å². The predicted octanol–water partition coefficient (Wildman–Crippen LogP) is 18.3. The molecule has 2 nitrogen and oxygen atoms in total. The van der Waals surface area contributed by atoms with Crippen LogP contribution in [0.1, 0.15) is 0 Å². The first kappa shape index (κ1) is 37.8. The first-order valence-corrected chi connectivity index (χ1v) is 22.7. The van der Waals surface area contributed by atoms with Gasteiger partial charge in [-0.15, -0.1) is 0 Å². The van der Waals surface area contributed by atoms with Crippen LogP contribution in [0.5, 0.6) is 0 Å². The van der Waals surface area contributed by atoms with Crippen LogP contribution in [-0.4, -0.2) is 0 Å². The van der Waals surface area contributed by atoms with Gasteiger partial charge >= 0.3 is 0 Å². The highest BCUT2D eigenvalue weighted by atomic mass is 16.3. The van der Waals surface area contributed by atoms with Gasteiger partial charge < -0.3 is 9.32 Å². The predicted molar refractivity (Wildman–Crippen MR) is 280 cm³/mol. The Bertz CT molecular complexity index is 3990. The van der Waals surface area contributed by atoms with Crippen molar-refractivity contribution in [1.82, 2.24) is 0 Å². The Hall–Kier alpha value is -8.72. The number of nitrogens with zero attached hydrogens (tertiary/aromatic N) is 1. The third-order valence-corrected chi connectivity index (χ3v) is 13.4. The van der Waals surface area contributed by atoms with Crippen molar-refractivity contribution in [1.29, 1.82) is 0 Å². The Kier molecular flexibility index (Phi) is 8.89. The minimum Gasteiger partial charge on any atom is -0.455 e. The van der Waals surface area contributed by atoms with Crippen LogP contribution in [0.3, 0.4) is 0 Å². The first-order chi connectivity index (χ1) is 32.7. The number of hydrogen-bond donors (Lipinski definition) is 0. The van der Waals surface area contributed by atoms with Gasteiger partial charge in [-0.1, -0.05) is 194 Å². The van der Waals surface area contributed by atoms with Crippen LogP contribution >= 0.6 is 0 Å². The van der Waals surface area contributed by atoms with Crippen LogP contribution < -0.4 is 4.90 Å². The molecule has 0 aliphatic rings. The molecule has 2 heteroatoms. The third-order valence-electron chi connectivity index (χ3n) is 13.4. The van der Waals surface area contributed by atoms with Gasteiger partial charge in [0.1, 0.15) is 11.2 Å². The van der Waals surface area contributed by atoms with Gasteiger partial charge in [0, 0.05) is 22.2 Å². The van der Waals surface area contributed by atoms with Crippen LogP contribution in [0.4, 0.5) is 17.1 Å². The Morgan fingerprint density at radius 3 is 1.44 bits per heavy atom. The fourth-order valence-corrected chi connectivity index (χ4v) is 10.4. The lowest BCUT2D eigenvalue weighted by Gasteiger charge is -2.29. The summed E-state index contributed by atoms with van der Waals surface area (Å²) in [6, 6.07) is 90.2. The van der Waals surface area contributed by atoms with Crippen molar-refractivity contribution in [3.05, 3.63) is 249 Å². The maximum atomic E-state index is 7.08. The van der Waals surface area contributed by atoms with Crippen LogP contribution in [0, 0.1) is 0 Å². The second kappa shape index (κ2) is 15.5. The number of anilines is 3. The standard InChI is InChI=1S/C64H41NO/c1-2-17-42(18-3-1)44-21-16-22-45(39-44)43-33-35-48(36-34-43)65(60-31-14-12-29-55(60)58-40-46-19-4-6-23-49(46)51-25-8-10-27-53(51)58)61-38-37-56(64-63(61)57-30-13-15-32-62(57)66-64)59-41-47-20-5-7-24-50(47)52-26-9-11-28-54(52)59/h1-41H. The van der Waals surface area contributed by atoms with Gasteiger partial charge in [0.15, 0.2) is 0 Å². The number of hydrogen-bond acceptors (Lipinski definition) is 2. The van der Waals surface area contributed by atoms with Crippen LogP contribution in [0.15, 0.2) is 253 Å². The van der Waals surface area contributed by atoms with E-state index >= 15 is 0 Å². The summed E-state index contributed by atoms with van der Waals surface area (Å²) < 4.78 is 7.08. The van der Waals surface area contributed by atoms with E-state index < -0.39 is 0 Å². The molecule has 0 bridgehead atoms. The van der Waals surface area contributed by atoms with Crippen molar-refractivity contribution >= 4 is 82.1 Å². The van der Waals surface area contributed by atoms with E-state index in [0.29, 0.717) is 0 Å². The normalized spacial score (nSPS) is 11.6. The van der Waals surface area contributed by atoms with Crippen molar-refractivity contribution < 1.29 is 4.42 Å². The van der Waals surface area contributed by atoms with Gasteiger partial charge in [-0.2, -0.15) is 0 Å². The molecule has 66 heavy (non-hydrogen) atoms. The van der Waals surface area contributed by atoms with Crippen LogP contribution in [0.2, 0.25) is 0 Å². The summed E-state index contributed by atoms with van der Waals surface area (Å²) in [7, 11) is 0. The van der Waals surface area contributed by atoms with Gasteiger partial charge in [0.2, 0.25) is 0 Å². The zero-order valence-corrected chi connectivity index (χ0v) is 36.0. The van der Waals surface area contributed by atoms with Crippen molar-refractivity contribution in [2.24, 2.45) is 0 Å². The van der Waals surface area contributed by atoms with E-state index in [1.165, 1.54) is 65.3 Å². The number of furan rings is 1. The molecule has 0 atom stereocenters. The van der Waals surface area contributed by atoms with Crippen molar-refractivity contribution in [3.8, 4) is 44.5 Å². The summed E-state index contributed by atoms with van der Waals surface area (Å²) in [5, 5.41) is 11.9. The second-order valence-electron chi connectivity index (χ2n) is 17.2. The highest BCUT2D eigenvalue weighted by Crippen LogP contribution is 2.50. The molecule has 12 aromatic carbocycles. The summed E-state index contributed by atoms with van der Waals surface area (Å²) in [6.07, 6.45) is 0. The van der Waals surface area contributed by atoms with Crippen LogP contribution in [-0.2, 0) is 0 Å². The Morgan fingerprint density at radius 2 is 0.773 bits per heavy atom. The van der Waals surface area contributed by atoms with Gasteiger partial charge in [0.25, 0.3) is 0 Å². The second-order valence-corrected chi connectivity index (χ2v) is 17.2. The lowest BCUT2D eigenvalue weighted by Crippen LogP contribution is -2.12. The molecule has 0 radical (unpaired) electrons. The largest absolute Gasteiger partial charge is 0.455 e. The van der Waals surface area contributed by atoms with E-state index in [1.54, 1.807) is 0 Å². The van der Waals surface area contributed by atoms with E-state index in [0.717, 1.165) is 61.3 Å². The van der Waals surface area contributed by atoms with E-state index in [-0.39, 0.29) is 0 Å². The van der Waals surface area contributed by atoms with Gasteiger partial charge in [0.05, 0.1) is 16.8 Å². The summed E-state index contributed by atoms with van der Waals surface area (Å²) in [5.74, 6) is 0. The van der Waals surface area contributed by atoms with Gasteiger partial charge in [-0.25, -0.2) is 0 Å². The van der Waals surface area contributed by atoms with E-state index in [9.17, 15) is 0 Å². The van der Waals surface area contributed by atoms with Gasteiger partial charge in [-0.05, 0) is 131 Å². The molecule has 0 aliphatic heterocycles. The summed E-state index contributed by atoms with van der Waals surface area (Å²) in [5.41, 5.74) is 14.2. The lowest BCUT2D eigenvalue weighted by atomic mass is 9.91. The van der Waals surface area contributed by atoms with Gasteiger partial charge in [-0.3, -0.25) is 0 Å². The Balaban J connectivity index is 1.07. The minimum absolute atomic E-state index is 0.855. The molecule has 0 saturated heterocycles. The quantitative estimate of drug-likeness (QED) is 0.149. The van der Waals surface area contributed by atoms with Crippen molar-refractivity contribution in [3.63, 3.8) is 0 Å². The molecular weight excluding hydrogens is 799 g/mol. The third kappa shape index (κ3) is 6.18. The molecule has 13 aromatic rings. The Morgan fingerprint density at radius 1 is 0.273 bits per heavy atom. The molecule has 0 fully saturated rings. The molecule has 0 amide bonds. The SMILES string of the molecule is c1ccc(-c2cccc(-c3ccc(N(c4ccccc4-c4cc5ccccc5c5ccccc45)c4ccc(-c5cc6ccccc6c6ccccc56)c5oc6ccccc6c45)cc3)c2)cc1. The topological polar surface area (TPSA) is 16.4 Å². The molecule has 1 aromatic heterocycles. The number of benzene rings is 12. The first-order valence-electron chi connectivity index (χ1n) is 22.7. The molecule has 0 unspecified atom stereocenters. The number of para-hydroxylation sites is 2. The summed E-state index contributed by atoms with van der Waals surface area (Å²) >= 11 is 0. The summed E-state index contributed by atoms with van der Waals surface area (Å²) in [4.78, 5) is 2.45. The molecule has 1 heterocycles. The highest BCUT2D eigenvalue weighted by Gasteiger charge is 2.25. The van der Waals surface area contributed by atoms with E-state index in [2.05, 4.69) is 254 Å². The molecule has 0 saturated carbocycles. The van der Waals surface area contributed by atoms with Crippen molar-refractivity contribution in [2.45, 2.75) is 0 Å². The average Bonchev–Trinajstić information content (AvgIpc) is 3.79. The highest BCUT2D eigenvalue weighted by molar-refractivity contribution is 6.22. The molecule has 0 N–H and O–H groups in total. The minimum atomic E-state index is 0.855. The van der Waals surface area contributed by atoms with E-state index in [1.807, 2.05) is 0 Å². The molecule has 0 aliphatic carbocycles. The average molecular weight is 840 g/mol. The van der Waals surface area contributed by atoms with Crippen LogP contribution in [0.25, 0.3) is 110 Å².